The molecule has 0 bridgehead atoms. The van der Waals surface area contributed by atoms with Crippen molar-refractivity contribution in [2.24, 2.45) is 0 Å². The zero-order valence-electron chi connectivity index (χ0n) is 8.77. The zero-order chi connectivity index (χ0) is 10.7. The normalized spacial score (nSPS) is 16.1. The second-order valence-electron chi connectivity index (χ2n) is 3.70. The van der Waals surface area contributed by atoms with Gasteiger partial charge < -0.3 is 10.1 Å². The van der Waals surface area contributed by atoms with Gasteiger partial charge in [0.2, 0.25) is 5.91 Å². The summed E-state index contributed by atoms with van der Waals surface area (Å²) < 4.78 is 6.91. The van der Waals surface area contributed by atoms with Crippen LogP contribution in [0.1, 0.15) is 25.8 Å². The average Bonchev–Trinajstić information content (AvgIpc) is 2.50. The predicted octanol–water partition coefficient (Wildman–Crippen LogP) is 1.19. The first-order chi connectivity index (χ1) is 7.29. The molecule has 2 rings (SSSR count). The number of carbonyl (C=O) groups excluding carboxylic acids is 1. The van der Waals surface area contributed by atoms with Gasteiger partial charge in [0, 0.05) is 12.6 Å². The predicted molar refractivity (Wildman–Crippen MR) is 55.6 cm³/mol. The summed E-state index contributed by atoms with van der Waals surface area (Å²) in [6, 6.07) is 0.335. The summed E-state index contributed by atoms with van der Waals surface area (Å²) in [6.07, 6.45) is 4.93. The molecule has 2 heterocycles. The summed E-state index contributed by atoms with van der Waals surface area (Å²) in [6.45, 7) is 3.41. The van der Waals surface area contributed by atoms with Gasteiger partial charge in [0.05, 0.1) is 31.1 Å². The fraction of sp³-hybridized carbons (Fsp3) is 0.600. The number of anilines is 1. The Bertz CT molecular complexity index is 344. The number of nitrogens with zero attached hydrogens (tertiary/aromatic N) is 2. The molecule has 1 fully saturated rings. The summed E-state index contributed by atoms with van der Waals surface area (Å²) in [4.78, 5) is 11.3. The minimum Gasteiger partial charge on any atom is -0.377 e. The lowest BCUT2D eigenvalue weighted by atomic mass is 10.3. The molecule has 0 spiro atoms. The smallest absolute Gasteiger partial charge is 0.224 e. The van der Waals surface area contributed by atoms with Gasteiger partial charge in [-0.15, -0.1) is 0 Å². The average molecular weight is 209 g/mol. The highest BCUT2D eigenvalue weighted by molar-refractivity contribution is 5.90. The molecule has 0 atom stereocenters. The number of aromatic nitrogens is 2. The Morgan fingerprint density at radius 3 is 3.13 bits per heavy atom. The number of hydrogen-bond donors (Lipinski definition) is 1. The first kappa shape index (κ1) is 10.2. The van der Waals surface area contributed by atoms with Crippen LogP contribution in [0.4, 0.5) is 5.69 Å². The number of rotatable bonds is 4. The van der Waals surface area contributed by atoms with E-state index < -0.39 is 0 Å². The van der Waals surface area contributed by atoms with Crippen LogP contribution < -0.4 is 5.32 Å². The van der Waals surface area contributed by atoms with Crippen LogP contribution in [0, 0.1) is 0 Å². The van der Waals surface area contributed by atoms with Crippen molar-refractivity contribution in [1.29, 1.82) is 0 Å². The van der Waals surface area contributed by atoms with Crippen molar-refractivity contribution >= 4 is 11.6 Å². The molecule has 1 aromatic heterocycles. The van der Waals surface area contributed by atoms with Gasteiger partial charge >= 0.3 is 0 Å². The Hall–Kier alpha value is -1.36. The minimum absolute atomic E-state index is 0.0434. The van der Waals surface area contributed by atoms with Crippen molar-refractivity contribution in [1.82, 2.24) is 9.78 Å². The highest BCUT2D eigenvalue weighted by Gasteiger charge is 2.21. The molecule has 1 aliphatic heterocycles. The molecule has 1 aliphatic rings. The number of hydrogen-bond acceptors (Lipinski definition) is 3. The van der Waals surface area contributed by atoms with E-state index in [4.69, 9.17) is 4.74 Å². The van der Waals surface area contributed by atoms with Gasteiger partial charge in [0.1, 0.15) is 0 Å². The molecule has 0 aliphatic carbocycles. The van der Waals surface area contributed by atoms with Gasteiger partial charge in [-0.1, -0.05) is 6.92 Å². The molecule has 0 aromatic carbocycles. The summed E-state index contributed by atoms with van der Waals surface area (Å²) in [7, 11) is 0. The summed E-state index contributed by atoms with van der Waals surface area (Å²) in [5, 5.41) is 6.98. The van der Waals surface area contributed by atoms with Gasteiger partial charge in [0.15, 0.2) is 0 Å². The maximum Gasteiger partial charge on any atom is 0.224 e. The Morgan fingerprint density at radius 1 is 1.73 bits per heavy atom. The van der Waals surface area contributed by atoms with Crippen LogP contribution in [-0.2, 0) is 9.53 Å². The quantitative estimate of drug-likeness (QED) is 0.810. The van der Waals surface area contributed by atoms with E-state index in [-0.39, 0.29) is 5.91 Å². The van der Waals surface area contributed by atoms with Crippen LogP contribution in [0.5, 0.6) is 0 Å². The highest BCUT2D eigenvalue weighted by Crippen LogP contribution is 2.18. The molecule has 1 aromatic rings. The highest BCUT2D eigenvalue weighted by atomic mass is 16.5. The molecule has 15 heavy (non-hydrogen) atoms. The van der Waals surface area contributed by atoms with Crippen LogP contribution in [0.3, 0.4) is 0 Å². The van der Waals surface area contributed by atoms with Crippen molar-refractivity contribution in [3.8, 4) is 0 Å². The molecule has 0 radical (unpaired) electrons. The van der Waals surface area contributed by atoms with Crippen molar-refractivity contribution in [2.75, 3.05) is 18.5 Å². The van der Waals surface area contributed by atoms with E-state index in [0.29, 0.717) is 25.7 Å². The van der Waals surface area contributed by atoms with Gasteiger partial charge in [-0.25, -0.2) is 0 Å². The maximum atomic E-state index is 11.3. The largest absolute Gasteiger partial charge is 0.377 e. The van der Waals surface area contributed by atoms with Crippen molar-refractivity contribution in [3.05, 3.63) is 12.4 Å². The van der Waals surface area contributed by atoms with Crippen molar-refractivity contribution in [3.63, 3.8) is 0 Å². The van der Waals surface area contributed by atoms with Crippen LogP contribution in [0.2, 0.25) is 0 Å². The SMILES string of the molecule is CCCC(=O)Nc1cnn(C2COC2)c1. The molecule has 1 amide bonds. The first-order valence-corrected chi connectivity index (χ1v) is 5.21. The maximum absolute atomic E-state index is 11.3. The fourth-order valence-corrected chi connectivity index (χ4v) is 1.43. The lowest BCUT2D eigenvalue weighted by Crippen LogP contribution is -2.30. The molecule has 5 nitrogen and oxygen atoms in total. The molecular weight excluding hydrogens is 194 g/mol. The second-order valence-corrected chi connectivity index (χ2v) is 3.70. The van der Waals surface area contributed by atoms with Crippen molar-refractivity contribution in [2.45, 2.75) is 25.8 Å². The molecular formula is C10H15N3O2. The van der Waals surface area contributed by atoms with Gasteiger partial charge in [-0.2, -0.15) is 5.10 Å². The Kier molecular flexibility index (Phi) is 3.01. The fourth-order valence-electron chi connectivity index (χ4n) is 1.43. The second kappa shape index (κ2) is 4.44. The number of ether oxygens (including phenoxy) is 1. The first-order valence-electron chi connectivity index (χ1n) is 5.21. The minimum atomic E-state index is 0.0434. The monoisotopic (exact) mass is 209 g/mol. The molecule has 5 heteroatoms. The lowest BCUT2D eigenvalue weighted by Gasteiger charge is -2.25. The van der Waals surface area contributed by atoms with Gasteiger partial charge in [-0.05, 0) is 6.42 Å². The van der Waals surface area contributed by atoms with E-state index >= 15 is 0 Å². The summed E-state index contributed by atoms with van der Waals surface area (Å²) in [5.41, 5.74) is 0.764. The topological polar surface area (TPSA) is 56.2 Å². The number of nitrogens with one attached hydrogen (secondary N) is 1. The molecule has 1 saturated heterocycles. The third-order valence-corrected chi connectivity index (χ3v) is 2.36. The van der Waals surface area contributed by atoms with E-state index in [1.807, 2.05) is 17.8 Å². The Labute approximate surface area is 88.4 Å². The molecule has 0 unspecified atom stereocenters. The van der Waals surface area contributed by atoms with E-state index in [9.17, 15) is 4.79 Å². The molecule has 0 saturated carbocycles. The van der Waals surface area contributed by atoms with E-state index in [0.717, 1.165) is 12.1 Å². The number of carbonyl (C=O) groups is 1. The van der Waals surface area contributed by atoms with Crippen LogP contribution in [0.15, 0.2) is 12.4 Å². The third-order valence-electron chi connectivity index (χ3n) is 2.36. The van der Waals surface area contributed by atoms with E-state index in [1.165, 1.54) is 0 Å². The van der Waals surface area contributed by atoms with Crippen molar-refractivity contribution < 1.29 is 9.53 Å². The standard InChI is InChI=1S/C10H15N3O2/c1-2-3-10(14)12-8-4-11-13(5-8)9-6-15-7-9/h4-5,9H,2-3,6-7H2,1H3,(H,12,14). The summed E-state index contributed by atoms with van der Waals surface area (Å²) >= 11 is 0. The van der Waals surface area contributed by atoms with E-state index in [2.05, 4.69) is 10.4 Å². The molecule has 82 valence electrons. The number of amides is 1. The van der Waals surface area contributed by atoms with Gasteiger partial charge in [-0.3, -0.25) is 9.48 Å². The zero-order valence-corrected chi connectivity index (χ0v) is 8.77. The van der Waals surface area contributed by atoms with E-state index in [1.54, 1.807) is 6.20 Å². The Balaban J connectivity index is 1.91. The van der Waals surface area contributed by atoms with Crippen LogP contribution in [-0.4, -0.2) is 28.9 Å². The van der Waals surface area contributed by atoms with Crippen LogP contribution >= 0.6 is 0 Å². The van der Waals surface area contributed by atoms with Gasteiger partial charge in [0.25, 0.3) is 0 Å². The third kappa shape index (κ3) is 2.36. The lowest BCUT2D eigenvalue weighted by molar-refractivity contribution is -0.116. The molecule has 1 N–H and O–H groups in total. The van der Waals surface area contributed by atoms with Crippen LogP contribution in [0.25, 0.3) is 0 Å². The summed E-state index contributed by atoms with van der Waals surface area (Å²) in [5.74, 6) is 0.0434. The Morgan fingerprint density at radius 2 is 2.53 bits per heavy atom.